The molecule has 0 amide bonds. The van der Waals surface area contributed by atoms with Gasteiger partial charge in [-0.1, -0.05) is 13.8 Å². The molecule has 0 unspecified atom stereocenters. The Bertz CT molecular complexity index is 1120. The monoisotopic (exact) mass is 564 g/mol. The first-order valence-electron chi connectivity index (χ1n) is 14.9. The highest BCUT2D eigenvalue weighted by Crippen LogP contribution is 2.70. The summed E-state index contributed by atoms with van der Waals surface area (Å²) in [4.78, 5) is 11.6. The van der Waals surface area contributed by atoms with E-state index in [1.54, 1.807) is 6.07 Å². The Balaban J connectivity index is 1.18. The van der Waals surface area contributed by atoms with Crippen LogP contribution in [0.4, 0.5) is 0 Å². The lowest BCUT2D eigenvalue weighted by Gasteiger charge is -2.63. The topological polar surface area (TPSA) is 170 Å². The summed E-state index contributed by atoms with van der Waals surface area (Å²) in [5.74, 6) is 0.370. The Labute approximate surface area is 233 Å². The highest BCUT2D eigenvalue weighted by atomic mass is 16.7. The molecular formula is C30H44O10. The first-order chi connectivity index (χ1) is 18.9. The Kier molecular flexibility index (Phi) is 7.27. The summed E-state index contributed by atoms with van der Waals surface area (Å²) < 4.78 is 16.9. The van der Waals surface area contributed by atoms with E-state index in [1.165, 1.54) is 12.3 Å². The van der Waals surface area contributed by atoms with Gasteiger partial charge in [-0.25, -0.2) is 4.79 Å². The molecule has 4 aliphatic carbocycles. The van der Waals surface area contributed by atoms with Gasteiger partial charge in [0.25, 0.3) is 0 Å². The minimum atomic E-state index is -1.46. The number of rotatable bonds is 4. The van der Waals surface area contributed by atoms with E-state index in [9.17, 15) is 35.4 Å². The van der Waals surface area contributed by atoms with Crippen molar-refractivity contribution >= 4 is 0 Å². The van der Waals surface area contributed by atoms with Crippen molar-refractivity contribution in [3.63, 3.8) is 0 Å². The van der Waals surface area contributed by atoms with E-state index in [0.717, 1.165) is 50.5 Å². The molecule has 40 heavy (non-hydrogen) atoms. The second kappa shape index (κ2) is 10.1. The van der Waals surface area contributed by atoms with Crippen molar-refractivity contribution in [3.8, 4) is 0 Å². The first-order valence-corrected chi connectivity index (χ1v) is 14.9. The van der Waals surface area contributed by atoms with Crippen LogP contribution in [0.2, 0.25) is 0 Å². The zero-order valence-electron chi connectivity index (χ0n) is 23.3. The van der Waals surface area contributed by atoms with Gasteiger partial charge in [0, 0.05) is 23.8 Å². The lowest BCUT2D eigenvalue weighted by Crippen LogP contribution is -2.62. The third-order valence-electron chi connectivity index (χ3n) is 12.1. The lowest BCUT2D eigenvalue weighted by atomic mass is 9.43. The Morgan fingerprint density at radius 3 is 2.45 bits per heavy atom. The van der Waals surface area contributed by atoms with Gasteiger partial charge in [0.15, 0.2) is 6.29 Å². The molecule has 0 aromatic carbocycles. The molecule has 0 spiro atoms. The standard InChI is InChI=1S/C30H44O10/c1-28-9-7-17(39-27-26(36)25(35)24(34)21(13-31)40-27)11-16(28)4-5-19-18(28)8-10-29(2)23(20(32)12-30(19,29)37)15-3-6-22(33)38-14-15/h3,6,14,16-21,23-27,31-32,34-37H,4-5,7-13H2,1-2H3/t16-,17+,18+,19-,20+,21-,23+,24-,25+,26-,27-,28+,29-,30+/m1/s1. The predicted molar refractivity (Wildman–Crippen MR) is 141 cm³/mol. The average molecular weight is 565 g/mol. The Morgan fingerprint density at radius 2 is 1.75 bits per heavy atom. The molecular weight excluding hydrogens is 520 g/mol. The van der Waals surface area contributed by atoms with Crippen molar-refractivity contribution in [3.05, 3.63) is 34.4 Å². The lowest BCUT2D eigenvalue weighted by molar-refractivity contribution is -0.317. The number of hydrogen-bond donors (Lipinski definition) is 6. The smallest absolute Gasteiger partial charge is 0.335 e. The van der Waals surface area contributed by atoms with Gasteiger partial charge < -0.3 is 44.5 Å². The molecule has 2 heterocycles. The van der Waals surface area contributed by atoms with Crippen LogP contribution in [0.3, 0.4) is 0 Å². The molecule has 0 bridgehead atoms. The van der Waals surface area contributed by atoms with E-state index >= 15 is 0 Å². The van der Waals surface area contributed by atoms with Crippen LogP contribution in [0.5, 0.6) is 0 Å². The molecule has 6 N–H and O–H groups in total. The summed E-state index contributed by atoms with van der Waals surface area (Å²) in [5.41, 5.74) is -1.27. The molecule has 10 heteroatoms. The van der Waals surface area contributed by atoms with Crippen LogP contribution < -0.4 is 5.63 Å². The van der Waals surface area contributed by atoms with Crippen molar-refractivity contribution in [2.24, 2.45) is 28.6 Å². The van der Waals surface area contributed by atoms with E-state index in [0.29, 0.717) is 12.3 Å². The number of fused-ring (bicyclic) bond motifs is 5. The second-order valence-electron chi connectivity index (χ2n) is 13.7. The van der Waals surface area contributed by atoms with Crippen molar-refractivity contribution in [1.29, 1.82) is 0 Å². The molecule has 4 saturated carbocycles. The van der Waals surface area contributed by atoms with Gasteiger partial charge in [0.1, 0.15) is 24.4 Å². The zero-order valence-corrected chi connectivity index (χ0v) is 23.3. The maximum absolute atomic E-state index is 12.4. The van der Waals surface area contributed by atoms with E-state index in [1.807, 2.05) is 0 Å². The fourth-order valence-corrected chi connectivity index (χ4v) is 9.86. The number of aliphatic hydroxyl groups is 6. The summed E-state index contributed by atoms with van der Waals surface area (Å²) in [6.45, 7) is 3.93. The molecule has 224 valence electrons. The largest absolute Gasteiger partial charge is 0.431 e. The van der Waals surface area contributed by atoms with Gasteiger partial charge in [0.2, 0.25) is 0 Å². The van der Waals surface area contributed by atoms with Crippen LogP contribution >= 0.6 is 0 Å². The summed E-state index contributed by atoms with van der Waals surface area (Å²) in [6, 6.07) is 3.10. The summed E-state index contributed by atoms with van der Waals surface area (Å²) in [7, 11) is 0. The first kappa shape index (κ1) is 28.7. The predicted octanol–water partition coefficient (Wildman–Crippen LogP) is 1.04. The van der Waals surface area contributed by atoms with Crippen molar-refractivity contribution in [2.45, 2.75) is 120 Å². The zero-order chi connectivity index (χ0) is 28.6. The van der Waals surface area contributed by atoms with E-state index in [-0.39, 0.29) is 29.3 Å². The molecule has 10 nitrogen and oxygen atoms in total. The molecule has 1 saturated heterocycles. The van der Waals surface area contributed by atoms with Crippen molar-refractivity contribution in [1.82, 2.24) is 0 Å². The van der Waals surface area contributed by atoms with Gasteiger partial charge in [-0.15, -0.1) is 0 Å². The molecule has 1 aromatic rings. The quantitative estimate of drug-likeness (QED) is 0.291. The van der Waals surface area contributed by atoms with Crippen LogP contribution in [0.1, 0.15) is 76.7 Å². The van der Waals surface area contributed by atoms with Crippen LogP contribution in [0.25, 0.3) is 0 Å². The third kappa shape index (κ3) is 4.17. The van der Waals surface area contributed by atoms with Crippen LogP contribution in [-0.4, -0.2) is 85.8 Å². The van der Waals surface area contributed by atoms with Gasteiger partial charge in [-0.2, -0.15) is 0 Å². The van der Waals surface area contributed by atoms with Crippen molar-refractivity contribution in [2.75, 3.05) is 6.61 Å². The third-order valence-corrected chi connectivity index (χ3v) is 12.1. The van der Waals surface area contributed by atoms with Gasteiger partial charge in [-0.05, 0) is 79.7 Å². The molecule has 6 rings (SSSR count). The minimum absolute atomic E-state index is 0.0161. The number of ether oxygens (including phenoxy) is 2. The number of hydrogen-bond acceptors (Lipinski definition) is 10. The normalized spacial score (nSPS) is 52.5. The minimum Gasteiger partial charge on any atom is -0.431 e. The summed E-state index contributed by atoms with van der Waals surface area (Å²) in [5, 5.41) is 63.9. The fourth-order valence-electron chi connectivity index (χ4n) is 9.86. The molecule has 1 aliphatic heterocycles. The fraction of sp³-hybridized carbons (Fsp3) is 0.833. The Morgan fingerprint density at radius 1 is 0.975 bits per heavy atom. The number of aliphatic hydroxyl groups excluding tert-OH is 5. The average Bonchev–Trinajstić information content (AvgIpc) is 3.14. The van der Waals surface area contributed by atoms with Crippen LogP contribution in [0, 0.1) is 28.6 Å². The van der Waals surface area contributed by atoms with E-state index in [2.05, 4.69) is 13.8 Å². The van der Waals surface area contributed by atoms with Crippen LogP contribution in [0.15, 0.2) is 27.6 Å². The molecule has 5 fully saturated rings. The second-order valence-corrected chi connectivity index (χ2v) is 13.7. The maximum Gasteiger partial charge on any atom is 0.335 e. The molecule has 0 radical (unpaired) electrons. The molecule has 5 aliphatic rings. The van der Waals surface area contributed by atoms with Crippen LogP contribution in [-0.2, 0) is 9.47 Å². The highest BCUT2D eigenvalue weighted by Gasteiger charge is 2.69. The SMILES string of the molecule is C[C@]12CC[C@H](O[C@@H]3O[C@H](CO)[C@@H](O)[C@H](O)[C@H]3O)C[C@H]1CC[C@@H]1[C@@H]2CC[C@]2(C)[C@@H](c3ccc(=O)oc3)[C@@H](O)C[C@]12O. The van der Waals surface area contributed by atoms with Gasteiger partial charge >= 0.3 is 5.63 Å². The Hall–Kier alpha value is -1.37. The van der Waals surface area contributed by atoms with Crippen molar-refractivity contribution < 1.29 is 44.5 Å². The highest BCUT2D eigenvalue weighted by molar-refractivity contribution is 5.29. The molecule has 14 atom stereocenters. The van der Waals surface area contributed by atoms with E-state index < -0.39 is 60.1 Å². The summed E-state index contributed by atoms with van der Waals surface area (Å²) in [6.07, 6.45) is 0.228. The van der Waals surface area contributed by atoms with Gasteiger partial charge in [-0.3, -0.25) is 0 Å². The maximum atomic E-state index is 12.4. The van der Waals surface area contributed by atoms with E-state index in [4.69, 9.17) is 13.9 Å². The van der Waals surface area contributed by atoms with Gasteiger partial charge in [0.05, 0.1) is 30.7 Å². The molecule has 1 aromatic heterocycles. The summed E-state index contributed by atoms with van der Waals surface area (Å²) >= 11 is 0.